The fraction of sp³-hybridized carbons (Fsp3) is 0. The van der Waals surface area contributed by atoms with Gasteiger partial charge in [-0.1, -0.05) is 35.7 Å². The van der Waals surface area contributed by atoms with Gasteiger partial charge in [0.25, 0.3) is 0 Å². The van der Waals surface area contributed by atoms with Crippen molar-refractivity contribution in [1.29, 1.82) is 0 Å². The normalized spacial score (nSPS) is 11.8. The maximum absolute atomic E-state index is 13.1. The van der Waals surface area contributed by atoms with Crippen molar-refractivity contribution in [2.75, 3.05) is 0 Å². The second kappa shape index (κ2) is 9.21. The third kappa shape index (κ3) is 3.99. The summed E-state index contributed by atoms with van der Waals surface area (Å²) >= 11 is 0. The molecule has 3 aromatic heterocycles. The number of aromatic nitrogens is 3. The number of hydrogen-bond donors (Lipinski definition) is 0. The zero-order valence-corrected chi connectivity index (χ0v) is 21.2. The summed E-state index contributed by atoms with van der Waals surface area (Å²) < 4.78 is 36.2. The van der Waals surface area contributed by atoms with Crippen LogP contribution < -0.4 is 0 Å². The standard InChI is InChI=1S/C28H17N3O2S.Pt/c32-34(33,28-13-4-6-17-30-28)22-9-7-8-20(18-22)21-14-15-24-23-10-1-2-11-25(23)31(26(24)19-21)27-12-3-5-16-29-27;/h1-17H;/q-2;+2/i3D;. The molecule has 6 aromatic rings. The van der Waals surface area contributed by atoms with Crippen LogP contribution in [0.3, 0.4) is 0 Å². The van der Waals surface area contributed by atoms with Gasteiger partial charge in [-0.15, -0.1) is 12.1 Å². The predicted octanol–water partition coefficient (Wildman–Crippen LogP) is 5.67. The number of sulfone groups is 1. The van der Waals surface area contributed by atoms with E-state index in [-0.39, 0.29) is 31.0 Å². The van der Waals surface area contributed by atoms with Gasteiger partial charge >= 0.3 is 21.1 Å². The van der Waals surface area contributed by atoms with Gasteiger partial charge in [-0.3, -0.25) is 0 Å². The summed E-state index contributed by atoms with van der Waals surface area (Å²) in [4.78, 5) is 8.55. The summed E-state index contributed by atoms with van der Waals surface area (Å²) in [5, 5.41) is 2.01. The maximum Gasteiger partial charge on any atom is 2.00 e. The van der Waals surface area contributed by atoms with Crippen LogP contribution in [0, 0.1) is 12.1 Å². The number of benzene rings is 3. The average Bonchev–Trinajstić information content (AvgIpc) is 3.23. The van der Waals surface area contributed by atoms with Crippen molar-refractivity contribution >= 4 is 31.6 Å². The molecule has 0 aliphatic carbocycles. The molecule has 0 unspecified atom stereocenters. The molecule has 0 saturated heterocycles. The third-order valence-corrected chi connectivity index (χ3v) is 7.27. The zero-order valence-electron chi connectivity index (χ0n) is 19.1. The number of nitrogens with zero attached hydrogens (tertiary/aromatic N) is 3. The molecule has 0 bridgehead atoms. The molecule has 7 heteroatoms. The zero-order chi connectivity index (χ0) is 24.0. The molecule has 3 aromatic carbocycles. The Morgan fingerprint density at radius 3 is 2.37 bits per heavy atom. The van der Waals surface area contributed by atoms with E-state index in [9.17, 15) is 8.42 Å². The second-order valence-corrected chi connectivity index (χ2v) is 9.57. The number of fused-ring (bicyclic) bond motifs is 3. The van der Waals surface area contributed by atoms with E-state index in [0.29, 0.717) is 23.0 Å². The van der Waals surface area contributed by atoms with E-state index >= 15 is 0 Å². The number of pyridine rings is 2. The molecule has 3 heterocycles. The second-order valence-electron chi connectivity index (χ2n) is 7.70. The average molecular weight is 656 g/mol. The Labute approximate surface area is 218 Å². The molecule has 0 atom stereocenters. The molecular formula is C28H17N3O2PtS. The Morgan fingerprint density at radius 2 is 1.54 bits per heavy atom. The number of rotatable bonds is 4. The van der Waals surface area contributed by atoms with Crippen molar-refractivity contribution in [3.63, 3.8) is 0 Å². The molecule has 0 N–H and O–H groups in total. The number of hydrogen-bond acceptors (Lipinski definition) is 4. The minimum atomic E-state index is -3.80. The summed E-state index contributed by atoms with van der Waals surface area (Å²) in [6.07, 6.45) is 3.07. The minimum absolute atomic E-state index is 0. The van der Waals surface area contributed by atoms with Crippen LogP contribution in [0.25, 0.3) is 38.8 Å². The van der Waals surface area contributed by atoms with Crippen LogP contribution in [0.1, 0.15) is 1.37 Å². The van der Waals surface area contributed by atoms with E-state index in [1.165, 1.54) is 18.3 Å². The first-order valence-electron chi connectivity index (χ1n) is 11.1. The summed E-state index contributed by atoms with van der Waals surface area (Å²) in [5.41, 5.74) is 3.03. The van der Waals surface area contributed by atoms with E-state index < -0.39 is 9.84 Å². The van der Waals surface area contributed by atoms with Gasteiger partial charge in [-0.25, -0.2) is 29.5 Å². The Kier molecular flexibility index (Phi) is 5.77. The summed E-state index contributed by atoms with van der Waals surface area (Å²) in [7, 11) is -3.80. The molecule has 0 saturated carbocycles. The summed E-state index contributed by atoms with van der Waals surface area (Å²) in [5.74, 6) is 0.618. The van der Waals surface area contributed by atoms with Crippen LogP contribution >= 0.6 is 0 Å². The van der Waals surface area contributed by atoms with Gasteiger partial charge in [-0.2, -0.15) is 30.3 Å². The van der Waals surface area contributed by atoms with Crippen LogP contribution in [0.5, 0.6) is 0 Å². The van der Waals surface area contributed by atoms with Crippen molar-refractivity contribution < 1.29 is 30.9 Å². The van der Waals surface area contributed by atoms with Crippen molar-refractivity contribution in [2.24, 2.45) is 0 Å². The summed E-state index contributed by atoms with van der Waals surface area (Å²) in [6.45, 7) is 0. The van der Waals surface area contributed by atoms with Gasteiger partial charge < -0.3 is 4.57 Å². The van der Waals surface area contributed by atoms with E-state index in [2.05, 4.69) is 22.1 Å². The molecule has 0 fully saturated rings. The molecule has 35 heavy (non-hydrogen) atoms. The molecule has 0 aliphatic heterocycles. The van der Waals surface area contributed by atoms with Gasteiger partial charge in [0.05, 0.1) is 1.37 Å². The van der Waals surface area contributed by atoms with E-state index in [0.717, 1.165) is 21.8 Å². The SMILES string of the molecule is [2H]c1ccnc(-n2c3[c-]c(-c4[c-]c(S(=O)(=O)c5ccccn5)ccc4)ccc3c3ccccc32)c1.[Pt+2]. The van der Waals surface area contributed by atoms with E-state index in [4.69, 9.17) is 1.37 Å². The van der Waals surface area contributed by atoms with Crippen molar-refractivity contribution in [3.8, 4) is 16.9 Å². The van der Waals surface area contributed by atoms with Crippen molar-refractivity contribution in [2.45, 2.75) is 9.92 Å². The van der Waals surface area contributed by atoms with Crippen LogP contribution in [0.15, 0.2) is 113 Å². The topological polar surface area (TPSA) is 64.8 Å². The molecule has 5 nitrogen and oxygen atoms in total. The van der Waals surface area contributed by atoms with Gasteiger partial charge in [0.2, 0.25) is 9.84 Å². The fourth-order valence-corrected chi connectivity index (χ4v) is 5.29. The maximum atomic E-state index is 13.1. The Hall–Kier alpha value is -3.60. The van der Waals surface area contributed by atoms with Crippen molar-refractivity contribution in [1.82, 2.24) is 14.5 Å². The van der Waals surface area contributed by atoms with Crippen LogP contribution in [-0.4, -0.2) is 23.0 Å². The van der Waals surface area contributed by atoms with Crippen LogP contribution in [0.2, 0.25) is 0 Å². The Morgan fingerprint density at radius 1 is 0.743 bits per heavy atom. The van der Waals surface area contributed by atoms with Gasteiger partial charge in [0.15, 0.2) is 5.03 Å². The van der Waals surface area contributed by atoms with E-state index in [1.54, 1.807) is 36.5 Å². The quantitative estimate of drug-likeness (QED) is 0.230. The predicted molar refractivity (Wildman–Crippen MR) is 131 cm³/mol. The molecule has 6 rings (SSSR count). The van der Waals surface area contributed by atoms with Crippen LogP contribution in [0.4, 0.5) is 0 Å². The molecule has 0 spiro atoms. The molecule has 0 aliphatic rings. The first-order valence-corrected chi connectivity index (χ1v) is 12.1. The van der Waals surface area contributed by atoms with E-state index in [1.807, 2.05) is 47.0 Å². The smallest absolute Gasteiger partial charge is 0.314 e. The third-order valence-electron chi connectivity index (χ3n) is 5.66. The first kappa shape index (κ1) is 21.9. The largest absolute Gasteiger partial charge is 2.00 e. The van der Waals surface area contributed by atoms with Gasteiger partial charge in [0, 0.05) is 17.9 Å². The number of para-hydroxylation sites is 1. The molecular weight excluding hydrogens is 637 g/mol. The van der Waals surface area contributed by atoms with Crippen molar-refractivity contribution in [3.05, 3.63) is 115 Å². The Balaban J connectivity index is 0.00000267. The Bertz CT molecular complexity index is 1840. The molecule has 172 valence electrons. The van der Waals surface area contributed by atoms with Gasteiger partial charge in [-0.05, 0) is 46.1 Å². The first-order chi connectivity index (χ1) is 17.0. The van der Waals surface area contributed by atoms with Gasteiger partial charge in [0.1, 0.15) is 5.82 Å². The fourth-order valence-electron chi connectivity index (χ4n) is 4.11. The minimum Gasteiger partial charge on any atom is -0.314 e. The monoisotopic (exact) mass is 655 g/mol. The molecule has 0 radical (unpaired) electrons. The summed E-state index contributed by atoms with van der Waals surface area (Å²) in [6, 6.07) is 31.9. The van der Waals surface area contributed by atoms with Crippen LogP contribution in [-0.2, 0) is 30.9 Å². The molecule has 0 amide bonds.